The van der Waals surface area contributed by atoms with Gasteiger partial charge in [0.1, 0.15) is 0 Å². The lowest BCUT2D eigenvalue weighted by molar-refractivity contribution is 0.0600. The van der Waals surface area contributed by atoms with E-state index in [1.54, 1.807) is 24.3 Å². The number of ether oxygens (including phenoxy) is 1. The molecule has 0 aliphatic carbocycles. The van der Waals surface area contributed by atoms with E-state index in [1.165, 1.54) is 31.9 Å². The number of methoxy groups -OCH3 is 1. The van der Waals surface area contributed by atoms with Gasteiger partial charge in [-0.25, -0.2) is 4.79 Å². The standard InChI is InChI=1S/C21H24N2O3/c1-26-21(25)18-9-11-19(12-10-18)22-20(24)17-7-5-16(6-8-17)15-23-13-3-2-4-14-23/h5-12H,2-4,13-15H2,1H3,(H,22,24). The summed E-state index contributed by atoms with van der Waals surface area (Å²) >= 11 is 0. The lowest BCUT2D eigenvalue weighted by Gasteiger charge is -2.26. The molecule has 0 atom stereocenters. The van der Waals surface area contributed by atoms with E-state index in [2.05, 4.69) is 15.0 Å². The molecule has 1 aliphatic rings. The zero-order chi connectivity index (χ0) is 18.4. The number of benzene rings is 2. The summed E-state index contributed by atoms with van der Waals surface area (Å²) in [6.45, 7) is 3.25. The van der Waals surface area contributed by atoms with Gasteiger partial charge in [0.2, 0.25) is 0 Å². The molecular weight excluding hydrogens is 328 g/mol. The number of anilines is 1. The molecule has 5 nitrogen and oxygen atoms in total. The lowest BCUT2D eigenvalue weighted by Crippen LogP contribution is -2.29. The van der Waals surface area contributed by atoms with Crippen molar-refractivity contribution in [2.75, 3.05) is 25.5 Å². The average molecular weight is 352 g/mol. The second-order valence-corrected chi connectivity index (χ2v) is 6.56. The molecule has 136 valence electrons. The Balaban J connectivity index is 1.58. The predicted molar refractivity (Wildman–Crippen MR) is 101 cm³/mol. The van der Waals surface area contributed by atoms with Crippen molar-refractivity contribution in [3.63, 3.8) is 0 Å². The van der Waals surface area contributed by atoms with Gasteiger partial charge in [0.15, 0.2) is 0 Å². The fourth-order valence-corrected chi connectivity index (χ4v) is 3.15. The van der Waals surface area contributed by atoms with Crippen LogP contribution in [0.3, 0.4) is 0 Å². The summed E-state index contributed by atoms with van der Waals surface area (Å²) in [7, 11) is 1.34. The van der Waals surface area contributed by atoms with E-state index in [4.69, 9.17) is 0 Å². The Morgan fingerprint density at radius 3 is 2.15 bits per heavy atom. The normalized spacial score (nSPS) is 14.7. The summed E-state index contributed by atoms with van der Waals surface area (Å²) in [5, 5.41) is 2.84. The van der Waals surface area contributed by atoms with Crippen molar-refractivity contribution in [1.29, 1.82) is 0 Å². The highest BCUT2D eigenvalue weighted by Gasteiger charge is 2.12. The molecule has 0 radical (unpaired) electrons. The minimum atomic E-state index is -0.396. The topological polar surface area (TPSA) is 58.6 Å². The van der Waals surface area contributed by atoms with Crippen LogP contribution in [0, 0.1) is 0 Å². The Kier molecular flexibility index (Phi) is 6.02. The zero-order valence-electron chi connectivity index (χ0n) is 15.0. The van der Waals surface area contributed by atoms with Gasteiger partial charge in [0.05, 0.1) is 12.7 Å². The van der Waals surface area contributed by atoms with Gasteiger partial charge in [0, 0.05) is 17.8 Å². The monoisotopic (exact) mass is 352 g/mol. The molecular formula is C21H24N2O3. The number of piperidine rings is 1. The number of likely N-dealkylation sites (tertiary alicyclic amines) is 1. The Bertz CT molecular complexity index is 748. The third kappa shape index (κ3) is 4.70. The van der Waals surface area contributed by atoms with E-state index in [-0.39, 0.29) is 5.91 Å². The van der Waals surface area contributed by atoms with Gasteiger partial charge in [-0.2, -0.15) is 0 Å². The second kappa shape index (κ2) is 8.63. The van der Waals surface area contributed by atoms with Crippen molar-refractivity contribution in [3.05, 3.63) is 65.2 Å². The van der Waals surface area contributed by atoms with Crippen LogP contribution in [-0.4, -0.2) is 37.0 Å². The quantitative estimate of drug-likeness (QED) is 0.834. The van der Waals surface area contributed by atoms with Crippen molar-refractivity contribution >= 4 is 17.6 Å². The zero-order valence-corrected chi connectivity index (χ0v) is 15.0. The molecule has 0 saturated carbocycles. The van der Waals surface area contributed by atoms with Crippen molar-refractivity contribution in [2.24, 2.45) is 0 Å². The predicted octanol–water partition coefficient (Wildman–Crippen LogP) is 3.71. The molecule has 1 N–H and O–H groups in total. The summed E-state index contributed by atoms with van der Waals surface area (Å²) in [6, 6.07) is 14.4. The molecule has 2 aromatic carbocycles. The summed E-state index contributed by atoms with van der Waals surface area (Å²) in [4.78, 5) is 26.3. The highest BCUT2D eigenvalue weighted by Crippen LogP contribution is 2.15. The van der Waals surface area contributed by atoms with Gasteiger partial charge in [0.25, 0.3) is 5.91 Å². The highest BCUT2D eigenvalue weighted by atomic mass is 16.5. The first-order valence-electron chi connectivity index (χ1n) is 8.97. The van der Waals surface area contributed by atoms with E-state index in [0.29, 0.717) is 16.8 Å². The molecule has 26 heavy (non-hydrogen) atoms. The van der Waals surface area contributed by atoms with Crippen LogP contribution in [0.15, 0.2) is 48.5 Å². The largest absolute Gasteiger partial charge is 0.465 e. The smallest absolute Gasteiger partial charge is 0.337 e. The Labute approximate surface area is 154 Å². The maximum absolute atomic E-state index is 12.4. The third-order valence-electron chi connectivity index (χ3n) is 4.63. The number of amides is 1. The lowest BCUT2D eigenvalue weighted by atomic mass is 10.1. The van der Waals surface area contributed by atoms with Crippen LogP contribution in [0.4, 0.5) is 5.69 Å². The number of carbonyl (C=O) groups excluding carboxylic acids is 2. The molecule has 1 fully saturated rings. The molecule has 1 heterocycles. The molecule has 0 unspecified atom stereocenters. The van der Waals surface area contributed by atoms with E-state index >= 15 is 0 Å². The summed E-state index contributed by atoms with van der Waals surface area (Å²) in [6.07, 6.45) is 3.88. The SMILES string of the molecule is COC(=O)c1ccc(NC(=O)c2ccc(CN3CCCCC3)cc2)cc1. The number of esters is 1. The van der Waals surface area contributed by atoms with Crippen molar-refractivity contribution < 1.29 is 14.3 Å². The van der Waals surface area contributed by atoms with Gasteiger partial charge in [-0.15, -0.1) is 0 Å². The van der Waals surface area contributed by atoms with Gasteiger partial charge in [-0.1, -0.05) is 18.6 Å². The van der Waals surface area contributed by atoms with Gasteiger partial charge in [-0.05, 0) is 67.9 Å². The van der Waals surface area contributed by atoms with Gasteiger partial charge < -0.3 is 10.1 Å². The summed E-state index contributed by atoms with van der Waals surface area (Å²) < 4.78 is 4.66. The average Bonchev–Trinajstić information content (AvgIpc) is 2.69. The fourth-order valence-electron chi connectivity index (χ4n) is 3.15. The first-order chi connectivity index (χ1) is 12.7. The number of nitrogens with one attached hydrogen (secondary N) is 1. The van der Waals surface area contributed by atoms with E-state index in [1.807, 2.05) is 24.3 Å². The van der Waals surface area contributed by atoms with E-state index in [9.17, 15) is 9.59 Å². The van der Waals surface area contributed by atoms with Crippen LogP contribution < -0.4 is 5.32 Å². The fraction of sp³-hybridized carbons (Fsp3) is 0.333. The Morgan fingerprint density at radius 1 is 0.923 bits per heavy atom. The maximum Gasteiger partial charge on any atom is 0.337 e. The van der Waals surface area contributed by atoms with Gasteiger partial charge >= 0.3 is 5.97 Å². The second-order valence-electron chi connectivity index (χ2n) is 6.56. The summed E-state index contributed by atoms with van der Waals surface area (Å²) in [5.74, 6) is -0.562. The number of rotatable bonds is 5. The van der Waals surface area contributed by atoms with Crippen LogP contribution in [-0.2, 0) is 11.3 Å². The number of carbonyl (C=O) groups is 2. The first kappa shape index (κ1) is 18.1. The van der Waals surface area contributed by atoms with Crippen LogP contribution in [0.25, 0.3) is 0 Å². The van der Waals surface area contributed by atoms with Crippen LogP contribution in [0.1, 0.15) is 45.5 Å². The third-order valence-corrected chi connectivity index (χ3v) is 4.63. The van der Waals surface area contributed by atoms with E-state index in [0.717, 1.165) is 19.6 Å². The number of hydrogen-bond donors (Lipinski definition) is 1. The van der Waals surface area contributed by atoms with Crippen molar-refractivity contribution in [3.8, 4) is 0 Å². The molecule has 2 aromatic rings. The van der Waals surface area contributed by atoms with Gasteiger partial charge in [-0.3, -0.25) is 9.69 Å². The minimum Gasteiger partial charge on any atom is -0.465 e. The molecule has 1 amide bonds. The molecule has 0 aromatic heterocycles. The van der Waals surface area contributed by atoms with Crippen LogP contribution in [0.2, 0.25) is 0 Å². The van der Waals surface area contributed by atoms with Crippen molar-refractivity contribution in [1.82, 2.24) is 4.90 Å². The summed E-state index contributed by atoms with van der Waals surface area (Å²) in [5.41, 5.74) is 2.93. The number of hydrogen-bond acceptors (Lipinski definition) is 4. The first-order valence-corrected chi connectivity index (χ1v) is 8.97. The molecule has 1 aliphatic heterocycles. The van der Waals surface area contributed by atoms with E-state index < -0.39 is 5.97 Å². The Morgan fingerprint density at radius 2 is 1.54 bits per heavy atom. The molecule has 0 bridgehead atoms. The van der Waals surface area contributed by atoms with Crippen molar-refractivity contribution in [2.45, 2.75) is 25.8 Å². The maximum atomic E-state index is 12.4. The number of nitrogens with zero attached hydrogens (tertiary/aromatic N) is 1. The molecule has 3 rings (SSSR count). The molecule has 1 saturated heterocycles. The minimum absolute atomic E-state index is 0.166. The molecule has 5 heteroatoms. The highest BCUT2D eigenvalue weighted by molar-refractivity contribution is 6.04. The Hall–Kier alpha value is -2.66. The molecule has 0 spiro atoms. The van der Waals surface area contributed by atoms with Crippen LogP contribution in [0.5, 0.6) is 0 Å². The van der Waals surface area contributed by atoms with Crippen LogP contribution >= 0.6 is 0 Å².